The third-order valence-electron chi connectivity index (χ3n) is 3.78. The van der Waals surface area contributed by atoms with Crippen molar-refractivity contribution in [2.45, 2.75) is 19.2 Å². The van der Waals surface area contributed by atoms with E-state index in [4.69, 9.17) is 21.1 Å². The molecule has 1 heterocycles. The second-order valence-corrected chi connectivity index (χ2v) is 7.01. The van der Waals surface area contributed by atoms with Crippen molar-refractivity contribution in [3.8, 4) is 17.4 Å². The highest BCUT2D eigenvalue weighted by molar-refractivity contribution is 7.13. The summed E-state index contributed by atoms with van der Waals surface area (Å²) in [5.74, 6) is -2.19. The van der Waals surface area contributed by atoms with Crippen LogP contribution in [0.2, 0.25) is 5.02 Å². The maximum atomic E-state index is 14.2. The summed E-state index contributed by atoms with van der Waals surface area (Å²) in [5.41, 5.74) is -1.22. The van der Waals surface area contributed by atoms with Crippen molar-refractivity contribution in [3.63, 3.8) is 0 Å². The fraction of sp³-hybridized carbons (Fsp3) is 0.222. The van der Waals surface area contributed by atoms with Gasteiger partial charge in [-0.25, -0.2) is 9.18 Å². The Morgan fingerprint density at radius 3 is 2.59 bits per heavy atom. The van der Waals surface area contributed by atoms with Crippen molar-refractivity contribution in [1.82, 2.24) is 4.37 Å². The van der Waals surface area contributed by atoms with Crippen molar-refractivity contribution in [2.75, 3.05) is 7.11 Å². The molecule has 1 unspecified atom stereocenters. The first-order chi connectivity index (χ1) is 13.6. The second-order valence-electron chi connectivity index (χ2n) is 5.80. The minimum Gasteiger partial charge on any atom is -0.466 e. The maximum Gasteiger partial charge on any atom is 0.416 e. The SMILES string of the molecule is COC(=O)C(C)Oc1nsc2ccc(Oc3c(F)cc(C(F)(F)F)cc3Cl)cc12. The molecule has 0 aliphatic carbocycles. The molecular weight excluding hydrogens is 438 g/mol. The van der Waals surface area contributed by atoms with Crippen LogP contribution in [0.25, 0.3) is 10.1 Å². The lowest BCUT2D eigenvalue weighted by Crippen LogP contribution is -2.25. The topological polar surface area (TPSA) is 57.7 Å². The van der Waals surface area contributed by atoms with E-state index in [0.717, 1.165) is 11.5 Å². The molecule has 0 aliphatic rings. The monoisotopic (exact) mass is 449 g/mol. The van der Waals surface area contributed by atoms with Crippen LogP contribution < -0.4 is 9.47 Å². The summed E-state index contributed by atoms with van der Waals surface area (Å²) in [4.78, 5) is 11.5. The number of nitrogens with zero attached hydrogens (tertiary/aromatic N) is 1. The lowest BCUT2D eigenvalue weighted by molar-refractivity contribution is -0.148. The summed E-state index contributed by atoms with van der Waals surface area (Å²) in [5, 5.41) is -0.0663. The van der Waals surface area contributed by atoms with Gasteiger partial charge in [0.1, 0.15) is 5.75 Å². The summed E-state index contributed by atoms with van der Waals surface area (Å²) >= 11 is 6.88. The highest BCUT2D eigenvalue weighted by Gasteiger charge is 2.32. The predicted molar refractivity (Wildman–Crippen MR) is 98.2 cm³/mol. The standard InChI is InChI=1S/C18H12ClF4NO4S/c1-8(17(25)26-2)27-16-11-7-10(3-4-14(11)29-24-16)28-15-12(19)5-9(6-13(15)20)18(21,22)23/h3-8H,1-2H3. The molecule has 0 bridgehead atoms. The Bertz CT molecular complexity index is 1050. The van der Waals surface area contributed by atoms with Crippen molar-refractivity contribution in [3.05, 3.63) is 46.7 Å². The Kier molecular flexibility index (Phi) is 5.85. The van der Waals surface area contributed by atoms with E-state index in [1.165, 1.54) is 26.2 Å². The summed E-state index contributed by atoms with van der Waals surface area (Å²) in [6.07, 6.45) is -5.66. The molecule has 0 radical (unpaired) electrons. The molecule has 11 heteroatoms. The summed E-state index contributed by atoms with van der Waals surface area (Å²) < 4.78 is 72.7. The number of benzene rings is 2. The largest absolute Gasteiger partial charge is 0.466 e. The fourth-order valence-electron chi connectivity index (χ4n) is 2.36. The molecule has 3 aromatic rings. The van der Waals surface area contributed by atoms with Crippen LogP contribution in [0, 0.1) is 5.82 Å². The number of esters is 1. The van der Waals surface area contributed by atoms with Gasteiger partial charge in [-0.15, -0.1) is 0 Å². The van der Waals surface area contributed by atoms with Gasteiger partial charge >= 0.3 is 12.1 Å². The molecule has 3 rings (SSSR count). The van der Waals surface area contributed by atoms with Crippen LogP contribution in [0.4, 0.5) is 17.6 Å². The van der Waals surface area contributed by atoms with Gasteiger partial charge in [-0.05, 0) is 48.8 Å². The van der Waals surface area contributed by atoms with Crippen LogP contribution >= 0.6 is 23.1 Å². The third-order valence-corrected chi connectivity index (χ3v) is 4.87. The molecule has 0 saturated heterocycles. The molecule has 29 heavy (non-hydrogen) atoms. The average molecular weight is 450 g/mol. The van der Waals surface area contributed by atoms with E-state index in [1.807, 2.05) is 0 Å². The van der Waals surface area contributed by atoms with Gasteiger partial charge in [0.2, 0.25) is 5.88 Å². The van der Waals surface area contributed by atoms with Gasteiger partial charge in [-0.1, -0.05) is 11.6 Å². The third kappa shape index (κ3) is 4.54. The van der Waals surface area contributed by atoms with E-state index in [1.54, 1.807) is 6.07 Å². The van der Waals surface area contributed by atoms with Gasteiger partial charge in [0, 0.05) is 0 Å². The van der Waals surface area contributed by atoms with Crippen LogP contribution in [0.5, 0.6) is 17.4 Å². The minimum atomic E-state index is -4.74. The molecule has 0 saturated carbocycles. The summed E-state index contributed by atoms with van der Waals surface area (Å²) in [6, 6.07) is 5.41. The number of halogens is 5. The number of carbonyl (C=O) groups excluding carboxylic acids is 1. The van der Waals surface area contributed by atoms with Crippen LogP contribution in [0.3, 0.4) is 0 Å². The summed E-state index contributed by atoms with van der Waals surface area (Å²) in [6.45, 7) is 1.48. The first-order valence-corrected chi connectivity index (χ1v) is 9.13. The lowest BCUT2D eigenvalue weighted by Gasteiger charge is -2.13. The van der Waals surface area contributed by atoms with E-state index in [9.17, 15) is 22.4 Å². The number of ether oxygens (including phenoxy) is 3. The number of rotatable bonds is 5. The van der Waals surface area contributed by atoms with E-state index in [0.29, 0.717) is 22.2 Å². The Hall–Kier alpha value is -2.59. The van der Waals surface area contributed by atoms with Gasteiger partial charge < -0.3 is 14.2 Å². The van der Waals surface area contributed by atoms with Crippen molar-refractivity contribution in [2.24, 2.45) is 0 Å². The van der Waals surface area contributed by atoms with E-state index in [2.05, 4.69) is 9.11 Å². The van der Waals surface area contributed by atoms with E-state index in [-0.39, 0.29) is 11.6 Å². The summed E-state index contributed by atoms with van der Waals surface area (Å²) in [7, 11) is 1.22. The predicted octanol–water partition coefficient (Wildman–Crippen LogP) is 5.84. The highest BCUT2D eigenvalue weighted by Crippen LogP contribution is 2.40. The molecule has 1 aromatic heterocycles. The number of hydrogen-bond donors (Lipinski definition) is 0. The highest BCUT2D eigenvalue weighted by atomic mass is 35.5. The van der Waals surface area contributed by atoms with E-state index >= 15 is 0 Å². The van der Waals surface area contributed by atoms with Crippen molar-refractivity contribution < 1.29 is 36.6 Å². The van der Waals surface area contributed by atoms with Crippen LogP contribution in [0.15, 0.2) is 30.3 Å². The van der Waals surface area contributed by atoms with E-state index < -0.39 is 40.4 Å². The molecule has 0 fully saturated rings. The molecule has 0 amide bonds. The second kappa shape index (κ2) is 8.03. The fourth-order valence-corrected chi connectivity index (χ4v) is 3.31. The number of carbonyl (C=O) groups is 1. The smallest absolute Gasteiger partial charge is 0.416 e. The van der Waals surface area contributed by atoms with Crippen molar-refractivity contribution >= 4 is 39.2 Å². The molecule has 0 N–H and O–H groups in total. The Labute approximate surface area is 170 Å². The van der Waals surface area contributed by atoms with Crippen LogP contribution in [-0.2, 0) is 15.7 Å². The zero-order valence-electron chi connectivity index (χ0n) is 14.8. The Morgan fingerprint density at radius 2 is 1.97 bits per heavy atom. The molecular formula is C18H12ClF4NO4S. The first-order valence-electron chi connectivity index (χ1n) is 7.98. The normalized spacial score (nSPS) is 12.7. The first kappa shape index (κ1) is 21.1. The van der Waals surface area contributed by atoms with Gasteiger partial charge in [0.25, 0.3) is 0 Å². The van der Waals surface area contributed by atoms with Gasteiger partial charge in [-0.2, -0.15) is 17.5 Å². The van der Waals surface area contributed by atoms with Gasteiger partial charge in [0.15, 0.2) is 17.7 Å². The zero-order valence-corrected chi connectivity index (χ0v) is 16.4. The molecule has 2 aromatic carbocycles. The molecule has 0 aliphatic heterocycles. The quantitative estimate of drug-likeness (QED) is 0.362. The molecule has 5 nitrogen and oxygen atoms in total. The maximum absolute atomic E-state index is 14.2. The number of methoxy groups -OCH3 is 1. The Morgan fingerprint density at radius 1 is 1.24 bits per heavy atom. The molecule has 0 spiro atoms. The number of aromatic nitrogens is 1. The Balaban J connectivity index is 1.92. The van der Waals surface area contributed by atoms with Gasteiger partial charge in [0.05, 0.1) is 27.8 Å². The number of alkyl halides is 3. The van der Waals surface area contributed by atoms with Crippen LogP contribution in [-0.4, -0.2) is 23.6 Å². The molecule has 154 valence electrons. The minimum absolute atomic E-state index is 0.0915. The van der Waals surface area contributed by atoms with Gasteiger partial charge in [-0.3, -0.25) is 0 Å². The van der Waals surface area contributed by atoms with Crippen molar-refractivity contribution in [1.29, 1.82) is 0 Å². The number of fused-ring (bicyclic) bond motifs is 1. The van der Waals surface area contributed by atoms with Crippen LogP contribution in [0.1, 0.15) is 12.5 Å². The average Bonchev–Trinajstić information content (AvgIpc) is 3.05. The molecule has 1 atom stereocenters. The number of hydrogen-bond acceptors (Lipinski definition) is 6. The lowest BCUT2D eigenvalue weighted by atomic mass is 10.2. The zero-order chi connectivity index (χ0) is 21.3.